The van der Waals surface area contributed by atoms with Gasteiger partial charge in [0.1, 0.15) is 5.75 Å². The minimum Gasteiger partial charge on any atom is -0.490 e. The molecule has 7 rings (SSSR count). The fourth-order valence-electron chi connectivity index (χ4n) is 8.44. The Morgan fingerprint density at radius 3 is 2.71 bits per heavy atom. The number of carbonyl (C=O) groups excluding carboxylic acids is 1. The number of allylic oxidation sites excluding steroid dienone is 1. The summed E-state index contributed by atoms with van der Waals surface area (Å²) in [6, 6.07) is 11.4. The van der Waals surface area contributed by atoms with Crippen molar-refractivity contribution in [1.82, 2.24) is 14.7 Å². The number of carbonyl (C=O) groups is 1. The quantitative estimate of drug-likeness (QED) is 0.314. The van der Waals surface area contributed by atoms with Gasteiger partial charge in [-0.1, -0.05) is 36.7 Å². The molecule has 1 aromatic heterocycles. The second-order valence-corrected chi connectivity index (χ2v) is 17.3. The molecule has 11 heteroatoms. The van der Waals surface area contributed by atoms with Crippen LogP contribution in [0.15, 0.2) is 60.9 Å². The highest BCUT2D eigenvalue weighted by Crippen LogP contribution is 2.49. The van der Waals surface area contributed by atoms with E-state index in [4.69, 9.17) is 16.3 Å². The van der Waals surface area contributed by atoms with Crippen LogP contribution in [0, 0.1) is 24.7 Å². The lowest BCUT2D eigenvalue weighted by molar-refractivity contribution is -0.0454. The number of fused-ring (bicyclic) bond motifs is 4. The van der Waals surface area contributed by atoms with Crippen LogP contribution in [0.1, 0.15) is 78.8 Å². The number of aliphatic hydroxyl groups is 1. The van der Waals surface area contributed by atoms with Gasteiger partial charge in [-0.05, 0) is 112 Å². The van der Waals surface area contributed by atoms with E-state index < -0.39 is 26.8 Å². The topological polar surface area (TPSA) is 122 Å². The number of hydrogen-bond donors (Lipinski definition) is 2. The maximum absolute atomic E-state index is 13.5. The number of ether oxygens (including phenoxy) is 1. The van der Waals surface area contributed by atoms with Crippen LogP contribution in [-0.2, 0) is 28.3 Å². The van der Waals surface area contributed by atoms with Crippen molar-refractivity contribution in [3.8, 4) is 5.75 Å². The lowest BCUT2D eigenvalue weighted by Gasteiger charge is -2.49. The van der Waals surface area contributed by atoms with Gasteiger partial charge in [0.05, 0.1) is 34.5 Å². The molecule has 4 aliphatic rings. The van der Waals surface area contributed by atoms with E-state index in [0.29, 0.717) is 38.3 Å². The van der Waals surface area contributed by atoms with Crippen LogP contribution in [0.5, 0.6) is 5.75 Å². The number of nitrogens with zero attached hydrogens (tertiary/aromatic N) is 3. The van der Waals surface area contributed by atoms with Gasteiger partial charge in [-0.25, -0.2) is 13.1 Å². The minimum absolute atomic E-state index is 0.0676. The van der Waals surface area contributed by atoms with Crippen molar-refractivity contribution in [3.63, 3.8) is 0 Å². The minimum atomic E-state index is -4.00. The van der Waals surface area contributed by atoms with Gasteiger partial charge in [0.15, 0.2) is 0 Å². The van der Waals surface area contributed by atoms with Gasteiger partial charge >= 0.3 is 0 Å². The number of hydrogen-bond acceptors (Lipinski definition) is 8. The molecule has 0 saturated heterocycles. The smallest absolute Gasteiger partial charge is 0.264 e. The molecule has 2 N–H and O–H groups in total. The van der Waals surface area contributed by atoms with E-state index in [1.165, 1.54) is 11.1 Å². The molecule has 2 bridgehead atoms. The molecular weight excluding hydrogens is 660 g/mol. The predicted octanol–water partition coefficient (Wildman–Crippen LogP) is 5.96. The molecule has 0 radical (unpaired) electrons. The summed E-state index contributed by atoms with van der Waals surface area (Å²) < 4.78 is 35.9. The fraction of sp³-hybridized carbons (Fsp3) is 0.500. The molecule has 6 atom stereocenters. The Balaban J connectivity index is 1.33. The molecule has 3 heterocycles. The Kier molecular flexibility index (Phi) is 9.03. The largest absolute Gasteiger partial charge is 0.490 e. The van der Waals surface area contributed by atoms with Crippen molar-refractivity contribution < 1.29 is 23.1 Å². The van der Waals surface area contributed by atoms with E-state index in [1.807, 2.05) is 32.1 Å². The van der Waals surface area contributed by atoms with Crippen LogP contribution in [-0.4, -0.2) is 59.9 Å². The highest BCUT2D eigenvalue weighted by molar-refractivity contribution is 7.90. The summed E-state index contributed by atoms with van der Waals surface area (Å²) in [5.74, 6) is -0.237. The highest BCUT2D eigenvalue weighted by Gasteiger charge is 2.48. The van der Waals surface area contributed by atoms with Gasteiger partial charge in [0, 0.05) is 47.9 Å². The summed E-state index contributed by atoms with van der Waals surface area (Å²) in [4.78, 5) is 24.9. The van der Waals surface area contributed by atoms with Gasteiger partial charge in [-0.3, -0.25) is 14.8 Å². The number of amides is 1. The number of aryl methyl sites for hydroxylation is 2. The van der Waals surface area contributed by atoms with Gasteiger partial charge in [0.2, 0.25) is 10.0 Å². The second-order valence-electron chi connectivity index (χ2n) is 14.8. The fourth-order valence-corrected chi connectivity index (χ4v) is 9.92. The molecule has 49 heavy (non-hydrogen) atoms. The molecule has 2 aliphatic heterocycles. The normalized spacial score (nSPS) is 31.7. The second kappa shape index (κ2) is 13.0. The van der Waals surface area contributed by atoms with Crippen LogP contribution >= 0.6 is 11.6 Å². The van der Waals surface area contributed by atoms with Gasteiger partial charge in [-0.2, -0.15) is 0 Å². The maximum atomic E-state index is 13.5. The third-order valence-electron chi connectivity index (χ3n) is 11.7. The Labute approximate surface area is 294 Å². The number of aromatic nitrogens is 2. The number of rotatable bonds is 2. The van der Waals surface area contributed by atoms with E-state index in [9.17, 15) is 18.3 Å². The summed E-state index contributed by atoms with van der Waals surface area (Å²) in [7, 11) is -4.00. The standard InChI is InChI=1S/C38H45ClN4O5S/c1-24-6-4-15-38(45,20-33-25(2)40-16-17-41-33)32-11-8-29(32)21-43-22-37(14-5-7-27-18-30(39)10-12-31(27)37)23-48-35-13-9-28(19-34(35)43)36(44)42-49(46,47)26(24)3/h4,9-10,12-13,15-19,24,26,29,32,45H,5-8,11,14,20-23H2,1-3H3,(H,42,44)/b15-4-/t24-,26+,29-,32+,37-,38-/m0/s1. The Hall–Kier alpha value is -3.47. The first-order valence-electron chi connectivity index (χ1n) is 17.4. The zero-order valence-electron chi connectivity index (χ0n) is 28.4. The van der Waals surface area contributed by atoms with Crippen LogP contribution < -0.4 is 14.4 Å². The molecule has 1 saturated carbocycles. The monoisotopic (exact) mass is 704 g/mol. The number of anilines is 1. The maximum Gasteiger partial charge on any atom is 0.264 e. The molecule has 2 aliphatic carbocycles. The number of sulfonamides is 1. The SMILES string of the molecule is Cc1nccnc1C[C@@]1(O)/C=C\C[C@H](C)[C@@H](C)S(=O)(=O)NC(=O)c2ccc3c(c2)N(C[C@@H]2CC[C@H]21)C[C@@]1(CCCc2cc(Cl)ccc21)CO3. The summed E-state index contributed by atoms with van der Waals surface area (Å²) >= 11 is 6.45. The Bertz CT molecular complexity index is 1900. The van der Waals surface area contributed by atoms with Crippen molar-refractivity contribution in [1.29, 1.82) is 0 Å². The average Bonchev–Trinajstić information content (AvgIpc) is 3.19. The molecule has 9 nitrogen and oxygen atoms in total. The molecule has 1 spiro atoms. The Morgan fingerprint density at radius 1 is 1.12 bits per heavy atom. The van der Waals surface area contributed by atoms with Crippen molar-refractivity contribution in [2.24, 2.45) is 17.8 Å². The third kappa shape index (κ3) is 6.48. The van der Waals surface area contributed by atoms with E-state index in [1.54, 1.807) is 37.5 Å². The predicted molar refractivity (Wildman–Crippen MR) is 191 cm³/mol. The molecular formula is C38H45ClN4O5S. The highest BCUT2D eigenvalue weighted by atomic mass is 35.5. The molecule has 1 fully saturated rings. The van der Waals surface area contributed by atoms with Gasteiger partial charge in [0.25, 0.3) is 5.91 Å². The molecule has 3 aromatic rings. The van der Waals surface area contributed by atoms with Crippen LogP contribution in [0.3, 0.4) is 0 Å². The zero-order valence-corrected chi connectivity index (χ0v) is 29.9. The first-order valence-corrected chi connectivity index (χ1v) is 19.3. The van der Waals surface area contributed by atoms with Crippen molar-refractivity contribution >= 4 is 33.2 Å². The number of halogens is 1. The van der Waals surface area contributed by atoms with E-state index >= 15 is 0 Å². The summed E-state index contributed by atoms with van der Waals surface area (Å²) in [5, 5.41) is 12.4. The van der Waals surface area contributed by atoms with E-state index in [0.717, 1.165) is 54.2 Å². The first kappa shape index (κ1) is 34.0. The lowest BCUT2D eigenvalue weighted by Crippen LogP contribution is -2.53. The number of nitrogens with one attached hydrogen (secondary N) is 1. The van der Waals surface area contributed by atoms with Crippen LogP contribution in [0.25, 0.3) is 0 Å². The molecule has 1 amide bonds. The van der Waals surface area contributed by atoms with Crippen molar-refractivity contribution in [2.45, 2.75) is 82.0 Å². The molecule has 0 unspecified atom stereocenters. The first-order chi connectivity index (χ1) is 23.4. The molecule has 2 aromatic carbocycles. The molecule has 260 valence electrons. The van der Waals surface area contributed by atoms with E-state index in [2.05, 4.69) is 31.7 Å². The van der Waals surface area contributed by atoms with Crippen molar-refractivity contribution in [2.75, 3.05) is 24.6 Å². The van der Waals surface area contributed by atoms with Crippen LogP contribution in [0.4, 0.5) is 5.69 Å². The van der Waals surface area contributed by atoms with Crippen LogP contribution in [0.2, 0.25) is 5.02 Å². The summed E-state index contributed by atoms with van der Waals surface area (Å²) in [6.07, 6.45) is 12.5. The van der Waals surface area contributed by atoms with Gasteiger partial charge in [-0.15, -0.1) is 0 Å². The van der Waals surface area contributed by atoms with E-state index in [-0.39, 0.29) is 28.7 Å². The lowest BCUT2D eigenvalue weighted by atomic mass is 9.62. The Morgan fingerprint density at radius 2 is 1.94 bits per heavy atom. The summed E-state index contributed by atoms with van der Waals surface area (Å²) in [6.45, 7) is 7.13. The zero-order chi connectivity index (χ0) is 34.6. The van der Waals surface area contributed by atoms with Crippen molar-refractivity contribution in [3.05, 3.63) is 94.0 Å². The third-order valence-corrected chi connectivity index (χ3v) is 13.8. The number of benzene rings is 2. The average molecular weight is 705 g/mol. The summed E-state index contributed by atoms with van der Waals surface area (Å²) in [5.41, 5.74) is 3.48. The van der Waals surface area contributed by atoms with Gasteiger partial charge < -0.3 is 14.7 Å².